The number of halogens is 2. The fourth-order valence-corrected chi connectivity index (χ4v) is 4.65. The third-order valence-electron chi connectivity index (χ3n) is 4.31. The van der Waals surface area contributed by atoms with Crippen LogP contribution >= 0.6 is 0 Å². The summed E-state index contributed by atoms with van der Waals surface area (Å²) in [5.74, 6) is -1.92. The zero-order valence-corrected chi connectivity index (χ0v) is 15.0. The highest BCUT2D eigenvalue weighted by atomic mass is 32.2. The Morgan fingerprint density at radius 3 is 2.63 bits per heavy atom. The van der Waals surface area contributed by atoms with Gasteiger partial charge in [-0.2, -0.15) is 17.1 Å². The van der Waals surface area contributed by atoms with Crippen LogP contribution in [0.2, 0.25) is 0 Å². The minimum atomic E-state index is -4.10. The van der Waals surface area contributed by atoms with Crippen molar-refractivity contribution in [3.8, 4) is 11.3 Å². The van der Waals surface area contributed by atoms with Gasteiger partial charge in [-0.25, -0.2) is 18.1 Å². The molecule has 3 heterocycles. The lowest BCUT2D eigenvalue weighted by atomic mass is 10.1. The molecular formula is C16H18F2N4O4S. The van der Waals surface area contributed by atoms with Crippen LogP contribution in [-0.2, 0) is 16.6 Å². The third kappa shape index (κ3) is 3.78. The van der Waals surface area contributed by atoms with Crippen LogP contribution in [0.15, 0.2) is 24.5 Å². The highest BCUT2D eigenvalue weighted by Crippen LogP contribution is 2.31. The fraction of sp³-hybridized carbons (Fsp3) is 0.375. The van der Waals surface area contributed by atoms with Gasteiger partial charge in [0.25, 0.3) is 0 Å². The smallest absolute Gasteiger partial charge is 0.404 e. The summed E-state index contributed by atoms with van der Waals surface area (Å²) in [7, 11) is -4.10. The number of hydrogen-bond donors (Lipinski definition) is 2. The molecule has 0 radical (unpaired) electrons. The van der Waals surface area contributed by atoms with Gasteiger partial charge in [0.15, 0.2) is 5.82 Å². The molecule has 2 aromatic heterocycles. The van der Waals surface area contributed by atoms with E-state index < -0.39 is 33.8 Å². The second-order valence-electron chi connectivity index (χ2n) is 6.05. The summed E-state index contributed by atoms with van der Waals surface area (Å²) in [6.45, 7) is 0.481. The highest BCUT2D eigenvalue weighted by Gasteiger charge is 2.32. The maximum atomic E-state index is 15.0. The molecule has 0 bridgehead atoms. The van der Waals surface area contributed by atoms with Crippen molar-refractivity contribution in [2.75, 3.05) is 19.6 Å². The summed E-state index contributed by atoms with van der Waals surface area (Å²) >= 11 is 0. The Morgan fingerprint density at radius 1 is 1.30 bits per heavy atom. The van der Waals surface area contributed by atoms with Gasteiger partial charge < -0.3 is 10.4 Å². The number of nitrogens with zero attached hydrogens (tertiary/aromatic N) is 3. The van der Waals surface area contributed by atoms with Crippen LogP contribution in [0.3, 0.4) is 0 Å². The first-order valence-electron chi connectivity index (χ1n) is 8.30. The maximum Gasteiger partial charge on any atom is 0.404 e. The lowest BCUT2D eigenvalue weighted by Crippen LogP contribution is -2.33. The third-order valence-corrected chi connectivity index (χ3v) is 6.11. The molecule has 0 spiro atoms. The fourth-order valence-electron chi connectivity index (χ4n) is 3.01. The van der Waals surface area contributed by atoms with Gasteiger partial charge >= 0.3 is 16.3 Å². The van der Waals surface area contributed by atoms with E-state index in [1.807, 2.05) is 0 Å². The summed E-state index contributed by atoms with van der Waals surface area (Å²) in [6, 6.07) is 2.62. The van der Waals surface area contributed by atoms with E-state index in [1.165, 1.54) is 22.6 Å². The van der Waals surface area contributed by atoms with Gasteiger partial charge in [0.05, 0.1) is 5.56 Å². The van der Waals surface area contributed by atoms with Crippen LogP contribution in [0.5, 0.6) is 0 Å². The van der Waals surface area contributed by atoms with Crippen LogP contribution < -0.4 is 5.32 Å². The van der Waals surface area contributed by atoms with Crippen molar-refractivity contribution in [2.45, 2.75) is 19.3 Å². The average molecular weight is 400 g/mol. The van der Waals surface area contributed by atoms with Crippen LogP contribution in [0, 0.1) is 11.8 Å². The van der Waals surface area contributed by atoms with Crippen molar-refractivity contribution in [3.63, 3.8) is 0 Å². The normalized spacial score (nSPS) is 15.2. The topological polar surface area (TPSA) is 105 Å². The summed E-state index contributed by atoms with van der Waals surface area (Å²) in [6.07, 6.45) is 2.27. The number of amides is 1. The standard InChI is InChI=1S/C16H18F2N4O4S/c17-13-11(5-7-20-16(23)24)10-22(27(25,26)21-8-1-2-9-21)14(13)12-4-3-6-19-15(12)18/h3-4,6,10,20H,1-2,5,7-9H2,(H,23,24). The van der Waals surface area contributed by atoms with Crippen LogP contribution in [0.4, 0.5) is 13.6 Å². The summed E-state index contributed by atoms with van der Waals surface area (Å²) in [5.41, 5.74) is -0.766. The van der Waals surface area contributed by atoms with E-state index in [0.29, 0.717) is 25.9 Å². The summed E-state index contributed by atoms with van der Waals surface area (Å²) < 4.78 is 57.1. The molecule has 0 aromatic carbocycles. The molecular weight excluding hydrogens is 382 g/mol. The minimum absolute atomic E-state index is 0.0372. The Morgan fingerprint density at radius 2 is 2.00 bits per heavy atom. The molecule has 1 amide bonds. The van der Waals surface area contributed by atoms with Gasteiger partial charge in [0, 0.05) is 37.6 Å². The van der Waals surface area contributed by atoms with Crippen molar-refractivity contribution in [1.82, 2.24) is 18.6 Å². The van der Waals surface area contributed by atoms with Crippen LogP contribution in [-0.4, -0.2) is 52.5 Å². The van der Waals surface area contributed by atoms with E-state index >= 15 is 4.39 Å². The molecule has 2 N–H and O–H groups in total. The second-order valence-corrected chi connectivity index (χ2v) is 7.86. The first kappa shape index (κ1) is 19.2. The van der Waals surface area contributed by atoms with Gasteiger partial charge in [0.1, 0.15) is 5.69 Å². The molecule has 1 aliphatic heterocycles. The van der Waals surface area contributed by atoms with Crippen molar-refractivity contribution < 1.29 is 27.1 Å². The zero-order chi connectivity index (χ0) is 19.6. The van der Waals surface area contributed by atoms with E-state index in [1.54, 1.807) is 0 Å². The molecule has 146 valence electrons. The van der Waals surface area contributed by atoms with Crippen molar-refractivity contribution in [1.29, 1.82) is 0 Å². The second kappa shape index (κ2) is 7.61. The zero-order valence-electron chi connectivity index (χ0n) is 14.2. The van der Waals surface area contributed by atoms with Crippen molar-refractivity contribution in [2.24, 2.45) is 0 Å². The number of aromatic nitrogens is 2. The monoisotopic (exact) mass is 400 g/mol. The van der Waals surface area contributed by atoms with Crippen LogP contribution in [0.1, 0.15) is 18.4 Å². The number of carboxylic acid groups (broad SMARTS) is 1. The maximum absolute atomic E-state index is 15.0. The Bertz CT molecular complexity index is 955. The molecule has 3 rings (SSSR count). The van der Waals surface area contributed by atoms with Crippen molar-refractivity contribution >= 4 is 16.3 Å². The van der Waals surface area contributed by atoms with Gasteiger partial charge in [-0.15, -0.1) is 0 Å². The number of carbonyl (C=O) groups is 1. The SMILES string of the molecule is O=C(O)NCCc1cn(S(=O)(=O)N2CCCC2)c(-c2cccnc2F)c1F. The van der Waals surface area contributed by atoms with E-state index in [9.17, 15) is 17.6 Å². The molecule has 2 aromatic rings. The van der Waals surface area contributed by atoms with E-state index in [0.717, 1.165) is 10.2 Å². The summed E-state index contributed by atoms with van der Waals surface area (Å²) in [5, 5.41) is 10.7. The lowest BCUT2D eigenvalue weighted by molar-refractivity contribution is 0.194. The molecule has 0 saturated carbocycles. The number of pyridine rings is 1. The van der Waals surface area contributed by atoms with Crippen molar-refractivity contribution in [3.05, 3.63) is 41.9 Å². The van der Waals surface area contributed by atoms with Crippen LogP contribution in [0.25, 0.3) is 11.3 Å². The molecule has 11 heteroatoms. The molecule has 1 fully saturated rings. The Balaban J connectivity index is 2.10. The Hall–Kier alpha value is -2.53. The first-order chi connectivity index (χ1) is 12.8. The predicted molar refractivity (Wildman–Crippen MR) is 92.4 cm³/mol. The van der Waals surface area contributed by atoms with Gasteiger partial charge in [-0.05, 0) is 31.4 Å². The molecule has 0 unspecified atom stereocenters. The predicted octanol–water partition coefficient (Wildman–Crippen LogP) is 1.83. The molecule has 27 heavy (non-hydrogen) atoms. The molecule has 0 aliphatic carbocycles. The highest BCUT2D eigenvalue weighted by molar-refractivity contribution is 7.87. The largest absolute Gasteiger partial charge is 0.465 e. The Labute approximate surface area is 154 Å². The Kier molecular flexibility index (Phi) is 5.42. The molecule has 1 saturated heterocycles. The molecule has 1 aliphatic rings. The lowest BCUT2D eigenvalue weighted by Gasteiger charge is -2.18. The van der Waals surface area contributed by atoms with E-state index in [2.05, 4.69) is 10.3 Å². The van der Waals surface area contributed by atoms with Gasteiger partial charge in [-0.3, -0.25) is 0 Å². The first-order valence-corrected chi connectivity index (χ1v) is 9.70. The number of nitrogens with one attached hydrogen (secondary N) is 1. The summed E-state index contributed by atoms with van der Waals surface area (Å²) in [4.78, 5) is 14.0. The quantitative estimate of drug-likeness (QED) is 0.720. The number of rotatable bonds is 6. The minimum Gasteiger partial charge on any atom is -0.465 e. The molecule has 0 atom stereocenters. The molecule has 8 nitrogen and oxygen atoms in total. The van der Waals surface area contributed by atoms with Gasteiger partial charge in [0.2, 0.25) is 5.95 Å². The van der Waals surface area contributed by atoms with Gasteiger partial charge in [-0.1, -0.05) is 0 Å². The average Bonchev–Trinajstić information content (AvgIpc) is 3.25. The number of hydrogen-bond acceptors (Lipinski definition) is 4. The van der Waals surface area contributed by atoms with E-state index in [4.69, 9.17) is 5.11 Å². The van der Waals surface area contributed by atoms with E-state index in [-0.39, 0.29) is 24.1 Å².